The lowest BCUT2D eigenvalue weighted by Crippen LogP contribution is -2.25. The maximum atomic E-state index is 10.7. The van der Waals surface area contributed by atoms with Gasteiger partial charge in [-0.15, -0.1) is 0 Å². The molecule has 2 N–H and O–H groups in total. The van der Waals surface area contributed by atoms with Gasteiger partial charge >= 0.3 is 11.9 Å². The number of aliphatic carboxylic acids is 2. The van der Waals surface area contributed by atoms with Crippen molar-refractivity contribution >= 4 is 29.2 Å². The smallest absolute Gasteiger partial charge is 0.318 e. The number of rotatable bonds is 5. The Bertz CT molecular complexity index is 501. The lowest BCUT2D eigenvalue weighted by Gasteiger charge is -2.08. The number of nitro groups is 1. The predicted molar refractivity (Wildman–Crippen MR) is 60.6 cm³/mol. The molecular formula is C10H8ClNO6. The monoisotopic (exact) mass is 273 g/mol. The van der Waals surface area contributed by atoms with Gasteiger partial charge in [0.15, 0.2) is 5.92 Å². The van der Waals surface area contributed by atoms with Crippen LogP contribution in [0.5, 0.6) is 0 Å². The molecule has 0 aliphatic carbocycles. The molecule has 0 saturated carbocycles. The molecule has 96 valence electrons. The molecule has 0 atom stereocenters. The molecule has 1 aromatic rings. The van der Waals surface area contributed by atoms with E-state index >= 15 is 0 Å². The van der Waals surface area contributed by atoms with E-state index in [0.29, 0.717) is 0 Å². The summed E-state index contributed by atoms with van der Waals surface area (Å²) in [6, 6.07) is 3.64. The van der Waals surface area contributed by atoms with Crippen LogP contribution in [0, 0.1) is 16.0 Å². The minimum Gasteiger partial charge on any atom is -0.481 e. The number of carbonyl (C=O) groups is 2. The minimum atomic E-state index is -1.73. The zero-order valence-electron chi connectivity index (χ0n) is 8.87. The van der Waals surface area contributed by atoms with Gasteiger partial charge in [-0.25, -0.2) is 0 Å². The van der Waals surface area contributed by atoms with Crippen LogP contribution < -0.4 is 0 Å². The Hall–Kier alpha value is -2.15. The zero-order valence-corrected chi connectivity index (χ0v) is 9.63. The van der Waals surface area contributed by atoms with Crippen LogP contribution in [0.25, 0.3) is 0 Å². The van der Waals surface area contributed by atoms with Gasteiger partial charge in [-0.05, 0) is 6.07 Å². The van der Waals surface area contributed by atoms with Crippen molar-refractivity contribution in [3.8, 4) is 0 Å². The molecule has 0 fully saturated rings. The predicted octanol–water partition coefficient (Wildman–Crippen LogP) is 1.58. The number of hydrogen-bond donors (Lipinski definition) is 2. The molecule has 0 spiro atoms. The molecule has 0 saturated heterocycles. The molecule has 8 heteroatoms. The molecule has 0 aliphatic heterocycles. The van der Waals surface area contributed by atoms with E-state index in [4.69, 9.17) is 21.8 Å². The van der Waals surface area contributed by atoms with Crippen molar-refractivity contribution in [3.05, 3.63) is 38.9 Å². The topological polar surface area (TPSA) is 118 Å². The summed E-state index contributed by atoms with van der Waals surface area (Å²) >= 11 is 5.59. The Morgan fingerprint density at radius 2 is 1.89 bits per heavy atom. The molecule has 0 aromatic heterocycles. The Morgan fingerprint density at radius 1 is 1.33 bits per heavy atom. The fourth-order valence-corrected chi connectivity index (χ4v) is 1.55. The third kappa shape index (κ3) is 3.17. The molecule has 0 bridgehead atoms. The normalized spacial score (nSPS) is 10.3. The Kier molecular flexibility index (Phi) is 4.22. The van der Waals surface area contributed by atoms with Crippen LogP contribution in [0.15, 0.2) is 18.2 Å². The van der Waals surface area contributed by atoms with Gasteiger partial charge in [0.05, 0.1) is 4.92 Å². The van der Waals surface area contributed by atoms with Gasteiger partial charge in [0.2, 0.25) is 0 Å². The molecule has 1 aromatic carbocycles. The molecule has 18 heavy (non-hydrogen) atoms. The number of halogens is 1. The van der Waals surface area contributed by atoms with Crippen LogP contribution in [0.1, 0.15) is 5.56 Å². The number of benzene rings is 1. The Labute approximate surface area is 106 Å². The van der Waals surface area contributed by atoms with Crippen molar-refractivity contribution in [1.29, 1.82) is 0 Å². The third-order valence-electron chi connectivity index (χ3n) is 2.26. The van der Waals surface area contributed by atoms with Crippen LogP contribution in [0.4, 0.5) is 5.69 Å². The van der Waals surface area contributed by atoms with Crippen molar-refractivity contribution in [2.24, 2.45) is 5.92 Å². The van der Waals surface area contributed by atoms with Gasteiger partial charge in [-0.3, -0.25) is 19.7 Å². The second-order valence-corrected chi connectivity index (χ2v) is 3.90. The summed E-state index contributed by atoms with van der Waals surface area (Å²) in [5, 5.41) is 28.3. The van der Waals surface area contributed by atoms with Crippen molar-refractivity contribution < 1.29 is 24.7 Å². The highest BCUT2D eigenvalue weighted by Gasteiger charge is 2.29. The zero-order chi connectivity index (χ0) is 13.9. The average molecular weight is 274 g/mol. The molecule has 0 unspecified atom stereocenters. The largest absolute Gasteiger partial charge is 0.481 e. The minimum absolute atomic E-state index is 0.0131. The number of nitro benzene ring substituents is 1. The highest BCUT2D eigenvalue weighted by atomic mass is 35.5. The first kappa shape index (κ1) is 13.9. The van der Waals surface area contributed by atoms with E-state index in [1.807, 2.05) is 0 Å². The van der Waals surface area contributed by atoms with E-state index in [9.17, 15) is 19.7 Å². The van der Waals surface area contributed by atoms with Crippen LogP contribution in [-0.4, -0.2) is 27.1 Å². The van der Waals surface area contributed by atoms with E-state index in [0.717, 1.165) is 6.07 Å². The first-order valence-electron chi connectivity index (χ1n) is 4.71. The van der Waals surface area contributed by atoms with Gasteiger partial charge in [0, 0.05) is 23.1 Å². The van der Waals surface area contributed by atoms with Gasteiger partial charge in [-0.2, -0.15) is 0 Å². The number of nitrogens with zero attached hydrogens (tertiary/aromatic N) is 1. The maximum absolute atomic E-state index is 10.7. The van der Waals surface area contributed by atoms with E-state index in [-0.39, 0.29) is 10.6 Å². The van der Waals surface area contributed by atoms with Gasteiger partial charge in [0.1, 0.15) is 0 Å². The number of carboxylic acids is 2. The summed E-state index contributed by atoms with van der Waals surface area (Å²) in [6.07, 6.45) is -0.474. The SMILES string of the molecule is O=C(O)C(Cc1ccc(Cl)cc1[N+](=O)[O-])C(=O)O. The standard InChI is InChI=1S/C10H8ClNO6/c11-6-2-1-5(8(4-6)12(17)18)3-7(9(13)14)10(15)16/h1-2,4,7H,3H2,(H,13,14)(H,15,16). The summed E-state index contributed by atoms with van der Waals surface area (Å²) in [4.78, 5) is 31.4. The first-order chi connectivity index (χ1) is 8.32. The number of hydrogen-bond acceptors (Lipinski definition) is 4. The Morgan fingerprint density at radius 3 is 2.33 bits per heavy atom. The lowest BCUT2D eigenvalue weighted by atomic mass is 9.98. The van der Waals surface area contributed by atoms with Crippen LogP contribution in [0.2, 0.25) is 5.02 Å². The molecule has 0 heterocycles. The summed E-state index contributed by atoms with van der Waals surface area (Å²) < 4.78 is 0. The van der Waals surface area contributed by atoms with Crippen molar-refractivity contribution in [1.82, 2.24) is 0 Å². The third-order valence-corrected chi connectivity index (χ3v) is 2.50. The van der Waals surface area contributed by atoms with Gasteiger partial charge in [-0.1, -0.05) is 17.7 Å². The summed E-state index contributed by atoms with van der Waals surface area (Å²) in [6.45, 7) is 0. The fraction of sp³-hybridized carbons (Fsp3) is 0.200. The van der Waals surface area contributed by atoms with E-state index in [1.165, 1.54) is 12.1 Å². The van der Waals surface area contributed by atoms with E-state index in [2.05, 4.69) is 0 Å². The van der Waals surface area contributed by atoms with Crippen molar-refractivity contribution in [2.45, 2.75) is 6.42 Å². The average Bonchev–Trinajstić information content (AvgIpc) is 2.25. The van der Waals surface area contributed by atoms with Crippen molar-refractivity contribution in [2.75, 3.05) is 0 Å². The quantitative estimate of drug-likeness (QED) is 0.478. The van der Waals surface area contributed by atoms with Crippen LogP contribution in [-0.2, 0) is 16.0 Å². The number of carboxylic acid groups (broad SMARTS) is 2. The fourth-order valence-electron chi connectivity index (χ4n) is 1.38. The summed E-state index contributed by atoms with van der Waals surface area (Å²) in [5.41, 5.74) is -0.380. The van der Waals surface area contributed by atoms with Crippen LogP contribution >= 0.6 is 11.6 Å². The first-order valence-corrected chi connectivity index (χ1v) is 5.09. The highest BCUT2D eigenvalue weighted by Crippen LogP contribution is 2.25. The summed E-state index contributed by atoms with van der Waals surface area (Å²) in [5.74, 6) is -4.83. The van der Waals surface area contributed by atoms with E-state index in [1.54, 1.807) is 0 Å². The summed E-state index contributed by atoms with van der Waals surface area (Å²) in [7, 11) is 0. The molecule has 0 amide bonds. The van der Waals surface area contributed by atoms with Crippen LogP contribution in [0.3, 0.4) is 0 Å². The molecule has 7 nitrogen and oxygen atoms in total. The second kappa shape index (κ2) is 5.46. The van der Waals surface area contributed by atoms with Gasteiger partial charge in [0.25, 0.3) is 5.69 Å². The second-order valence-electron chi connectivity index (χ2n) is 3.46. The van der Waals surface area contributed by atoms with Crippen molar-refractivity contribution in [3.63, 3.8) is 0 Å². The lowest BCUT2D eigenvalue weighted by molar-refractivity contribution is -0.385. The van der Waals surface area contributed by atoms with Gasteiger partial charge < -0.3 is 10.2 Å². The molecule has 0 radical (unpaired) electrons. The molecule has 1 rings (SSSR count). The molecule has 0 aliphatic rings. The van der Waals surface area contributed by atoms with E-state index < -0.39 is 34.9 Å². The maximum Gasteiger partial charge on any atom is 0.318 e. The Balaban J connectivity index is 3.13. The molecular weight excluding hydrogens is 266 g/mol. The highest BCUT2D eigenvalue weighted by molar-refractivity contribution is 6.30.